The van der Waals surface area contributed by atoms with Crippen LogP contribution in [-0.2, 0) is 22.6 Å². The van der Waals surface area contributed by atoms with Gasteiger partial charge in [-0.3, -0.25) is 14.9 Å². The van der Waals surface area contributed by atoms with Gasteiger partial charge in [0.15, 0.2) is 6.19 Å². The van der Waals surface area contributed by atoms with Crippen molar-refractivity contribution in [3.63, 3.8) is 0 Å². The largest absolute Gasteiger partial charge is 0.507 e. The Balaban J connectivity index is 1.47. The van der Waals surface area contributed by atoms with Gasteiger partial charge < -0.3 is 25.3 Å². The number of carbonyl (C=O) groups excluding carboxylic acids is 2. The second-order valence-electron chi connectivity index (χ2n) is 9.55. The Morgan fingerprint density at radius 1 is 1.15 bits per heavy atom. The van der Waals surface area contributed by atoms with Gasteiger partial charge in [0.2, 0.25) is 11.9 Å². The van der Waals surface area contributed by atoms with E-state index >= 15 is 0 Å². The number of fused-ring (bicyclic) bond motifs is 1. The lowest BCUT2D eigenvalue weighted by molar-refractivity contribution is -0.139. The van der Waals surface area contributed by atoms with Crippen molar-refractivity contribution in [2.24, 2.45) is 4.99 Å². The zero-order valence-corrected chi connectivity index (χ0v) is 23.5. The normalized spacial score (nSPS) is 15.8. The molecular formula is C28H28Cl2N6O5. The molecule has 2 aliphatic rings. The summed E-state index contributed by atoms with van der Waals surface area (Å²) in [7, 11) is 0. The molecule has 2 aliphatic heterocycles. The Labute approximate surface area is 246 Å². The number of aromatic hydroxyl groups is 1. The molecule has 0 saturated carbocycles. The monoisotopic (exact) mass is 598 g/mol. The summed E-state index contributed by atoms with van der Waals surface area (Å²) in [6, 6.07) is 6.82. The van der Waals surface area contributed by atoms with E-state index in [2.05, 4.69) is 15.6 Å². The number of nitrogens with one attached hydrogen (secondary N) is 2. The van der Waals surface area contributed by atoms with E-state index in [1.165, 1.54) is 18.2 Å². The van der Waals surface area contributed by atoms with E-state index in [9.17, 15) is 24.6 Å². The number of phenols is 1. The minimum atomic E-state index is -1.40. The molecule has 1 fully saturated rings. The molecule has 2 amide bonds. The number of rotatable bonds is 7. The van der Waals surface area contributed by atoms with Gasteiger partial charge in [0.1, 0.15) is 11.8 Å². The van der Waals surface area contributed by atoms with Crippen LogP contribution in [0, 0.1) is 11.5 Å². The van der Waals surface area contributed by atoms with Crippen LogP contribution in [0.2, 0.25) is 10.0 Å². The number of nitrogens with zero attached hydrogens (tertiary/aromatic N) is 4. The quantitative estimate of drug-likeness (QED) is 0.124. The van der Waals surface area contributed by atoms with Gasteiger partial charge in [-0.05, 0) is 48.6 Å². The van der Waals surface area contributed by atoms with Crippen molar-refractivity contribution in [2.45, 2.75) is 31.8 Å². The van der Waals surface area contributed by atoms with Crippen molar-refractivity contribution in [3.05, 3.63) is 68.7 Å². The first-order chi connectivity index (χ1) is 19.7. The summed E-state index contributed by atoms with van der Waals surface area (Å²) in [6.07, 6.45) is 6.93. The maximum Gasteiger partial charge on any atom is 0.328 e. The van der Waals surface area contributed by atoms with Gasteiger partial charge >= 0.3 is 5.97 Å². The second kappa shape index (κ2) is 13.4. The van der Waals surface area contributed by atoms with Crippen molar-refractivity contribution in [1.82, 2.24) is 20.4 Å². The van der Waals surface area contributed by atoms with Crippen molar-refractivity contribution in [1.29, 1.82) is 5.26 Å². The third kappa shape index (κ3) is 7.09. The summed E-state index contributed by atoms with van der Waals surface area (Å²) in [5.74, 6) is -2.03. The molecule has 11 nitrogen and oxygen atoms in total. The molecule has 0 aliphatic carbocycles. The first-order valence-electron chi connectivity index (χ1n) is 12.9. The number of amides is 2. The molecule has 0 spiro atoms. The average Bonchev–Trinajstić information content (AvgIpc) is 3.48. The van der Waals surface area contributed by atoms with E-state index in [1.54, 1.807) is 35.4 Å². The third-order valence-electron chi connectivity index (χ3n) is 6.89. The van der Waals surface area contributed by atoms with Gasteiger partial charge in [-0.15, -0.1) is 0 Å². The second-order valence-corrected chi connectivity index (χ2v) is 10.3. The lowest BCUT2D eigenvalue weighted by atomic mass is 9.96. The number of carboxylic acids is 1. The van der Waals surface area contributed by atoms with Crippen LogP contribution in [0.1, 0.15) is 39.9 Å². The predicted octanol–water partition coefficient (Wildman–Crippen LogP) is 3.00. The highest BCUT2D eigenvalue weighted by Crippen LogP contribution is 2.35. The zero-order chi connectivity index (χ0) is 29.5. The Hall–Kier alpha value is -4.27. The van der Waals surface area contributed by atoms with Crippen LogP contribution in [0.3, 0.4) is 0 Å². The standard InChI is InChI=1S/C28H28Cl2N6O5/c29-20-13-18-15-36(23(38)8-7-17-5-1-2-6-22(17)37)12-9-19(18)25(30)24(20)26(39)34-21(27(40)41)14-32-28(33-16-31)35-10-3-4-11-35/h1-2,5-8,13,21,37H,3-4,9-12,14-15H2,(H,32,33)(H,34,39)(H,40,41)/t21-/m0/s1. The van der Waals surface area contributed by atoms with Crippen LogP contribution in [0.15, 0.2) is 41.4 Å². The summed E-state index contributed by atoms with van der Waals surface area (Å²) in [5, 5.41) is 33.7. The van der Waals surface area contributed by atoms with Crippen LogP contribution in [0.5, 0.6) is 5.75 Å². The Bertz CT molecular complexity index is 1450. The van der Waals surface area contributed by atoms with E-state index in [1.807, 2.05) is 4.90 Å². The topological polar surface area (TPSA) is 158 Å². The molecule has 1 atom stereocenters. The molecule has 2 aromatic carbocycles. The maximum absolute atomic E-state index is 13.2. The highest BCUT2D eigenvalue weighted by Gasteiger charge is 2.29. The van der Waals surface area contributed by atoms with Gasteiger partial charge in [0.25, 0.3) is 5.91 Å². The lowest BCUT2D eigenvalue weighted by Gasteiger charge is -2.29. The molecule has 0 unspecified atom stereocenters. The molecule has 0 bridgehead atoms. The van der Waals surface area contributed by atoms with Crippen molar-refractivity contribution < 1.29 is 24.6 Å². The van der Waals surface area contributed by atoms with Crippen LogP contribution in [-0.4, -0.2) is 76.0 Å². The molecule has 4 rings (SSSR count). The number of aliphatic carboxylic acids is 1. The van der Waals surface area contributed by atoms with E-state index < -0.39 is 17.9 Å². The smallest absolute Gasteiger partial charge is 0.328 e. The summed E-state index contributed by atoms with van der Waals surface area (Å²) in [4.78, 5) is 45.6. The molecule has 1 saturated heterocycles. The number of nitriles is 1. The van der Waals surface area contributed by atoms with Crippen molar-refractivity contribution in [2.75, 3.05) is 26.2 Å². The number of para-hydroxylation sites is 1. The molecule has 4 N–H and O–H groups in total. The minimum absolute atomic E-state index is 0.0156. The van der Waals surface area contributed by atoms with Crippen molar-refractivity contribution in [3.8, 4) is 11.9 Å². The number of carboxylic acid groups (broad SMARTS) is 1. The predicted molar refractivity (Wildman–Crippen MR) is 153 cm³/mol. The first kappa shape index (κ1) is 29.7. The Morgan fingerprint density at radius 3 is 2.56 bits per heavy atom. The molecule has 0 aromatic heterocycles. The number of hydrogen-bond donors (Lipinski definition) is 4. The molecule has 2 heterocycles. The van der Waals surface area contributed by atoms with Crippen LogP contribution >= 0.6 is 23.2 Å². The van der Waals surface area contributed by atoms with E-state index in [4.69, 9.17) is 28.5 Å². The summed E-state index contributed by atoms with van der Waals surface area (Å²) in [5.41, 5.74) is 1.77. The first-order valence-corrected chi connectivity index (χ1v) is 13.7. The molecular weight excluding hydrogens is 571 g/mol. The Morgan fingerprint density at radius 2 is 1.88 bits per heavy atom. The Kier molecular flexibility index (Phi) is 9.70. The SMILES string of the molecule is N#CNC(=NC[C@H](NC(=O)c1c(Cl)cc2c(c1Cl)CCN(C(=O)C=Cc1ccccc1O)C2)C(=O)O)N1CCCC1. The lowest BCUT2D eigenvalue weighted by Crippen LogP contribution is -2.45. The zero-order valence-electron chi connectivity index (χ0n) is 21.9. The average molecular weight is 599 g/mol. The van der Waals surface area contributed by atoms with E-state index in [-0.39, 0.29) is 46.3 Å². The summed E-state index contributed by atoms with van der Waals surface area (Å²) >= 11 is 13.1. The fourth-order valence-corrected chi connectivity index (χ4v) is 5.50. The highest BCUT2D eigenvalue weighted by atomic mass is 35.5. The fraction of sp³-hybridized carbons (Fsp3) is 0.321. The van der Waals surface area contributed by atoms with Crippen LogP contribution in [0.25, 0.3) is 6.08 Å². The number of aliphatic imine (C=N–C) groups is 1. The number of likely N-dealkylation sites (tertiary alicyclic amines) is 1. The minimum Gasteiger partial charge on any atom is -0.507 e. The van der Waals surface area contributed by atoms with Gasteiger partial charge in [-0.1, -0.05) is 41.4 Å². The molecule has 0 radical (unpaired) electrons. The van der Waals surface area contributed by atoms with E-state index in [0.717, 1.165) is 12.8 Å². The van der Waals surface area contributed by atoms with Gasteiger partial charge in [0.05, 0.1) is 22.2 Å². The van der Waals surface area contributed by atoms with Crippen molar-refractivity contribution >= 4 is 53.0 Å². The summed E-state index contributed by atoms with van der Waals surface area (Å²) in [6.45, 7) is 1.60. The number of guanidine groups is 1. The molecule has 214 valence electrons. The van der Waals surface area contributed by atoms with Crippen LogP contribution in [0.4, 0.5) is 0 Å². The third-order valence-corrected chi connectivity index (χ3v) is 7.60. The molecule has 2 aromatic rings. The fourth-order valence-electron chi connectivity index (χ4n) is 4.73. The maximum atomic E-state index is 13.2. The number of benzene rings is 2. The highest BCUT2D eigenvalue weighted by molar-refractivity contribution is 6.40. The molecule has 13 heteroatoms. The number of carbonyl (C=O) groups is 3. The number of halogens is 2. The van der Waals surface area contributed by atoms with Gasteiger partial charge in [-0.25, -0.2) is 9.79 Å². The summed E-state index contributed by atoms with van der Waals surface area (Å²) < 4.78 is 0. The molecule has 41 heavy (non-hydrogen) atoms. The van der Waals surface area contributed by atoms with E-state index in [0.29, 0.717) is 42.7 Å². The van der Waals surface area contributed by atoms with Crippen LogP contribution < -0.4 is 10.6 Å². The van der Waals surface area contributed by atoms with Gasteiger partial charge in [-0.2, -0.15) is 5.26 Å². The number of hydrogen-bond acceptors (Lipinski definition) is 6. The van der Waals surface area contributed by atoms with Gasteiger partial charge in [0, 0.05) is 37.8 Å². The number of phenolic OH excluding ortho intramolecular Hbond substituents is 1.